The van der Waals surface area contributed by atoms with Crippen LogP contribution in [-0.2, 0) is 4.74 Å². The second-order valence-electron chi connectivity index (χ2n) is 4.93. The van der Waals surface area contributed by atoms with Crippen LogP contribution in [-0.4, -0.2) is 30.2 Å². The van der Waals surface area contributed by atoms with E-state index in [0.29, 0.717) is 6.04 Å². The number of hydrogen-bond acceptors (Lipinski definition) is 3. The number of nitrogens with one attached hydrogen (secondary N) is 1. The molecule has 2 unspecified atom stereocenters. The largest absolute Gasteiger partial charge is 0.497 e. The minimum Gasteiger partial charge on any atom is -0.497 e. The van der Waals surface area contributed by atoms with E-state index < -0.39 is 0 Å². The molecule has 0 radical (unpaired) electrons. The van der Waals surface area contributed by atoms with Gasteiger partial charge in [-0.1, -0.05) is 13.3 Å². The van der Waals surface area contributed by atoms with E-state index in [1.54, 1.807) is 0 Å². The maximum atomic E-state index is 5.88. The molecular formula is C14H25NOS. The van der Waals surface area contributed by atoms with Crippen molar-refractivity contribution in [2.24, 2.45) is 0 Å². The van der Waals surface area contributed by atoms with Crippen molar-refractivity contribution in [3.8, 4) is 0 Å². The van der Waals surface area contributed by atoms with E-state index in [0.717, 1.165) is 18.4 Å². The lowest BCUT2D eigenvalue weighted by molar-refractivity contribution is 0.165. The van der Waals surface area contributed by atoms with E-state index in [2.05, 4.69) is 30.1 Å². The normalized spacial score (nSPS) is 27.1. The van der Waals surface area contributed by atoms with Crippen LogP contribution in [0.5, 0.6) is 0 Å². The fourth-order valence-corrected chi connectivity index (χ4v) is 3.97. The molecule has 0 saturated carbocycles. The molecule has 2 aliphatic rings. The van der Waals surface area contributed by atoms with E-state index in [-0.39, 0.29) is 0 Å². The van der Waals surface area contributed by atoms with Crippen molar-refractivity contribution >= 4 is 11.8 Å². The Balaban J connectivity index is 1.97. The summed E-state index contributed by atoms with van der Waals surface area (Å²) in [5.74, 6) is 2.55. The maximum Gasteiger partial charge on any atom is 0.110 e. The highest BCUT2D eigenvalue weighted by molar-refractivity contribution is 8.00. The third kappa shape index (κ3) is 3.92. The van der Waals surface area contributed by atoms with E-state index in [9.17, 15) is 0 Å². The van der Waals surface area contributed by atoms with Gasteiger partial charge in [0.2, 0.25) is 0 Å². The molecule has 3 heteroatoms. The number of ether oxygens (including phenoxy) is 1. The molecule has 17 heavy (non-hydrogen) atoms. The Morgan fingerprint density at radius 2 is 2.41 bits per heavy atom. The third-order valence-corrected chi connectivity index (χ3v) is 4.93. The first-order valence-corrected chi connectivity index (χ1v) is 8.14. The highest BCUT2D eigenvalue weighted by Gasteiger charge is 2.28. The zero-order chi connectivity index (χ0) is 11.9. The topological polar surface area (TPSA) is 21.3 Å². The lowest BCUT2D eigenvalue weighted by atomic mass is 10.0. The summed E-state index contributed by atoms with van der Waals surface area (Å²) in [6.45, 7) is 4.24. The zero-order valence-corrected chi connectivity index (χ0v) is 11.7. The predicted octanol–water partition coefficient (Wildman–Crippen LogP) is 3.33. The van der Waals surface area contributed by atoms with Gasteiger partial charge in [-0.3, -0.25) is 0 Å². The molecule has 0 aromatic heterocycles. The van der Waals surface area contributed by atoms with Gasteiger partial charge in [0.05, 0.1) is 12.6 Å². The van der Waals surface area contributed by atoms with Gasteiger partial charge in [0.1, 0.15) is 5.76 Å². The molecule has 1 saturated heterocycles. The van der Waals surface area contributed by atoms with Crippen molar-refractivity contribution in [3.05, 3.63) is 11.8 Å². The Morgan fingerprint density at radius 3 is 3.06 bits per heavy atom. The van der Waals surface area contributed by atoms with Gasteiger partial charge in [0, 0.05) is 5.25 Å². The third-order valence-electron chi connectivity index (χ3n) is 3.47. The van der Waals surface area contributed by atoms with Gasteiger partial charge in [-0.25, -0.2) is 0 Å². The van der Waals surface area contributed by atoms with Crippen LogP contribution in [0, 0.1) is 0 Å². The molecule has 2 heterocycles. The smallest absolute Gasteiger partial charge is 0.110 e. The first-order chi connectivity index (χ1) is 8.42. The number of thioether (sulfide) groups is 1. The molecule has 98 valence electrons. The van der Waals surface area contributed by atoms with E-state index in [1.807, 2.05) is 0 Å². The molecule has 1 N–H and O–H groups in total. The average molecular weight is 255 g/mol. The number of allylic oxidation sites excluding steroid dienone is 1. The van der Waals surface area contributed by atoms with E-state index >= 15 is 0 Å². The minimum absolute atomic E-state index is 0.459. The molecule has 0 spiro atoms. The Kier molecular flexibility index (Phi) is 5.72. The lowest BCUT2D eigenvalue weighted by Crippen LogP contribution is -2.42. The molecule has 0 aliphatic carbocycles. The van der Waals surface area contributed by atoms with E-state index in [4.69, 9.17) is 4.74 Å². The van der Waals surface area contributed by atoms with Crippen molar-refractivity contribution < 1.29 is 4.74 Å². The molecule has 0 amide bonds. The summed E-state index contributed by atoms with van der Waals surface area (Å²) >= 11 is 2.13. The first-order valence-electron chi connectivity index (χ1n) is 7.09. The zero-order valence-electron chi connectivity index (χ0n) is 10.9. The molecule has 2 atom stereocenters. The molecular weight excluding hydrogens is 230 g/mol. The maximum absolute atomic E-state index is 5.88. The standard InChI is InChI=1S/C14H25NOS/c1-2-9-15-14(12-7-3-5-10-16-12)13-8-4-6-11-17-13/h7,13-15H,2-6,8-11H2,1H3. The summed E-state index contributed by atoms with van der Waals surface area (Å²) in [6, 6.07) is 0.459. The number of hydrogen-bond donors (Lipinski definition) is 1. The van der Waals surface area contributed by atoms with Crippen LogP contribution in [0.15, 0.2) is 11.8 Å². The van der Waals surface area contributed by atoms with Gasteiger partial charge in [0.25, 0.3) is 0 Å². The van der Waals surface area contributed by atoms with Crippen LogP contribution in [0.2, 0.25) is 0 Å². The van der Waals surface area contributed by atoms with Gasteiger partial charge >= 0.3 is 0 Å². The fourth-order valence-electron chi connectivity index (χ4n) is 2.54. The Morgan fingerprint density at radius 1 is 1.47 bits per heavy atom. The quantitative estimate of drug-likeness (QED) is 0.814. The highest BCUT2D eigenvalue weighted by atomic mass is 32.2. The van der Waals surface area contributed by atoms with Gasteiger partial charge < -0.3 is 10.1 Å². The molecule has 0 bridgehead atoms. The van der Waals surface area contributed by atoms with Gasteiger partial charge in [-0.05, 0) is 50.5 Å². The minimum atomic E-state index is 0.459. The predicted molar refractivity (Wildman–Crippen MR) is 75.4 cm³/mol. The Hall–Kier alpha value is -0.150. The summed E-state index contributed by atoms with van der Waals surface area (Å²) in [5, 5.41) is 4.42. The Labute approximate surface area is 110 Å². The summed E-state index contributed by atoms with van der Waals surface area (Å²) in [7, 11) is 0. The first kappa shape index (κ1) is 13.3. The van der Waals surface area contributed by atoms with Crippen LogP contribution in [0.4, 0.5) is 0 Å². The fraction of sp³-hybridized carbons (Fsp3) is 0.857. The summed E-state index contributed by atoms with van der Waals surface area (Å²) in [5.41, 5.74) is 0. The van der Waals surface area contributed by atoms with Crippen LogP contribution in [0.3, 0.4) is 0 Å². The molecule has 0 aromatic rings. The monoisotopic (exact) mass is 255 g/mol. The SMILES string of the molecule is CCCNC(C1=CCCCO1)C1CCCCS1. The van der Waals surface area contributed by atoms with E-state index in [1.165, 1.54) is 50.0 Å². The van der Waals surface area contributed by atoms with Crippen molar-refractivity contribution in [2.45, 2.75) is 56.7 Å². The second-order valence-corrected chi connectivity index (χ2v) is 6.28. The van der Waals surface area contributed by atoms with Gasteiger partial charge in [0.15, 0.2) is 0 Å². The van der Waals surface area contributed by atoms with Crippen molar-refractivity contribution in [1.82, 2.24) is 5.32 Å². The molecule has 2 aliphatic heterocycles. The summed E-state index contributed by atoms with van der Waals surface area (Å²) in [4.78, 5) is 0. The highest BCUT2D eigenvalue weighted by Crippen LogP contribution is 2.31. The van der Waals surface area contributed by atoms with Crippen LogP contribution < -0.4 is 5.32 Å². The average Bonchev–Trinajstić information content (AvgIpc) is 2.42. The molecule has 2 rings (SSSR count). The summed E-state index contributed by atoms with van der Waals surface area (Å²) < 4.78 is 5.88. The molecule has 1 fully saturated rings. The Bertz CT molecular complexity index is 249. The molecule has 2 nitrogen and oxygen atoms in total. The van der Waals surface area contributed by atoms with Crippen molar-refractivity contribution in [1.29, 1.82) is 0 Å². The van der Waals surface area contributed by atoms with Crippen molar-refractivity contribution in [3.63, 3.8) is 0 Å². The number of rotatable bonds is 5. The van der Waals surface area contributed by atoms with Crippen molar-refractivity contribution in [2.75, 3.05) is 18.9 Å². The van der Waals surface area contributed by atoms with Gasteiger partial charge in [-0.15, -0.1) is 0 Å². The van der Waals surface area contributed by atoms with Crippen LogP contribution in [0.1, 0.15) is 45.4 Å². The second kappa shape index (κ2) is 7.32. The van der Waals surface area contributed by atoms with Crippen LogP contribution >= 0.6 is 11.8 Å². The molecule has 0 aromatic carbocycles. The van der Waals surface area contributed by atoms with Gasteiger partial charge in [-0.2, -0.15) is 11.8 Å². The van der Waals surface area contributed by atoms with Crippen LogP contribution in [0.25, 0.3) is 0 Å². The summed E-state index contributed by atoms with van der Waals surface area (Å²) in [6.07, 6.45) is 10.00. The lowest BCUT2D eigenvalue weighted by Gasteiger charge is -2.33.